The van der Waals surface area contributed by atoms with Gasteiger partial charge in [0.25, 0.3) is 0 Å². The van der Waals surface area contributed by atoms with E-state index in [0.29, 0.717) is 6.61 Å². The Morgan fingerprint density at radius 1 is 1.44 bits per heavy atom. The predicted octanol–water partition coefficient (Wildman–Crippen LogP) is 1.41. The molecule has 1 fully saturated rings. The van der Waals surface area contributed by atoms with Gasteiger partial charge in [0.05, 0.1) is 6.61 Å². The third-order valence-electron chi connectivity index (χ3n) is 2.90. The molecule has 16 heavy (non-hydrogen) atoms. The summed E-state index contributed by atoms with van der Waals surface area (Å²) < 4.78 is 5.09. The highest BCUT2D eigenvalue weighted by Crippen LogP contribution is 2.29. The lowest BCUT2D eigenvalue weighted by Crippen LogP contribution is -2.17. The summed E-state index contributed by atoms with van der Waals surface area (Å²) in [6.07, 6.45) is 7.62. The summed E-state index contributed by atoms with van der Waals surface area (Å²) in [7, 11) is 0. The van der Waals surface area contributed by atoms with Crippen LogP contribution in [0.4, 0.5) is 5.82 Å². The average Bonchev–Trinajstić information content (AvgIpc) is 2.22. The largest absolute Gasteiger partial charge is 0.461 e. The molecule has 1 aliphatic rings. The highest BCUT2D eigenvalue weighted by atomic mass is 16.5. The average molecular weight is 221 g/mol. The molecule has 0 aliphatic heterocycles. The van der Waals surface area contributed by atoms with Crippen molar-refractivity contribution in [3.8, 4) is 0 Å². The molecule has 1 aliphatic carbocycles. The molecule has 0 saturated heterocycles. The van der Waals surface area contributed by atoms with Gasteiger partial charge in [-0.2, -0.15) is 0 Å². The molecule has 86 valence electrons. The van der Waals surface area contributed by atoms with Crippen molar-refractivity contribution >= 4 is 11.8 Å². The minimum Gasteiger partial charge on any atom is -0.461 e. The molecule has 0 aromatic carbocycles. The van der Waals surface area contributed by atoms with Gasteiger partial charge in [-0.1, -0.05) is 19.3 Å². The van der Waals surface area contributed by atoms with Gasteiger partial charge < -0.3 is 10.5 Å². The number of hydrogen-bond donors (Lipinski definition) is 1. The molecule has 1 heterocycles. The molecule has 2 N–H and O–H groups in total. The van der Waals surface area contributed by atoms with E-state index in [1.807, 2.05) is 0 Å². The number of nitrogen functional groups attached to an aromatic ring is 1. The van der Waals surface area contributed by atoms with Gasteiger partial charge in [0, 0.05) is 12.4 Å². The molecule has 0 atom stereocenters. The zero-order valence-corrected chi connectivity index (χ0v) is 9.06. The van der Waals surface area contributed by atoms with Gasteiger partial charge in [0.2, 0.25) is 0 Å². The number of nitrogens with two attached hydrogens (primary N) is 1. The molecule has 0 unspecified atom stereocenters. The number of aromatic nitrogens is 2. The van der Waals surface area contributed by atoms with E-state index in [0.717, 1.165) is 12.3 Å². The Morgan fingerprint density at radius 2 is 2.19 bits per heavy atom. The highest BCUT2D eigenvalue weighted by molar-refractivity contribution is 5.91. The zero-order chi connectivity index (χ0) is 11.4. The Hall–Kier alpha value is -1.65. The van der Waals surface area contributed by atoms with Crippen LogP contribution in [0.2, 0.25) is 0 Å². The van der Waals surface area contributed by atoms with Crippen LogP contribution in [0.1, 0.15) is 36.2 Å². The van der Waals surface area contributed by atoms with Crippen LogP contribution < -0.4 is 5.73 Å². The maximum Gasteiger partial charge on any atom is 0.360 e. The topological polar surface area (TPSA) is 78.1 Å². The Balaban J connectivity index is 1.81. The summed E-state index contributed by atoms with van der Waals surface area (Å²) in [4.78, 5) is 19.2. The lowest BCUT2D eigenvalue weighted by atomic mass is 9.83. The minimum atomic E-state index is -0.482. The molecular weight excluding hydrogens is 206 g/mol. The first-order valence-electron chi connectivity index (χ1n) is 5.51. The third-order valence-corrected chi connectivity index (χ3v) is 2.90. The second-order valence-electron chi connectivity index (χ2n) is 4.01. The normalized spacial score (nSPS) is 15.5. The first kappa shape index (κ1) is 10.9. The van der Waals surface area contributed by atoms with Crippen LogP contribution in [-0.4, -0.2) is 22.5 Å². The number of esters is 1. The standard InChI is InChI=1S/C11H15N3O2/c12-10-9(13-5-6-14-10)11(15)16-7-4-8-2-1-3-8/h5-6,8H,1-4,7H2,(H2,12,14). The molecule has 0 amide bonds. The van der Waals surface area contributed by atoms with Crippen LogP contribution in [0, 0.1) is 5.92 Å². The highest BCUT2D eigenvalue weighted by Gasteiger charge is 2.19. The van der Waals surface area contributed by atoms with Gasteiger partial charge in [-0.05, 0) is 12.3 Å². The SMILES string of the molecule is Nc1nccnc1C(=O)OCCC1CCC1. The number of nitrogens with zero attached hydrogens (tertiary/aromatic N) is 2. The van der Waals surface area contributed by atoms with Gasteiger partial charge in [-0.15, -0.1) is 0 Å². The van der Waals surface area contributed by atoms with Gasteiger partial charge in [0.15, 0.2) is 11.5 Å². The summed E-state index contributed by atoms with van der Waals surface area (Å²) in [5.74, 6) is 0.369. The molecular formula is C11H15N3O2. The lowest BCUT2D eigenvalue weighted by molar-refractivity contribution is 0.0458. The fraction of sp³-hybridized carbons (Fsp3) is 0.545. The van der Waals surface area contributed by atoms with E-state index in [9.17, 15) is 4.79 Å². The van der Waals surface area contributed by atoms with Crippen molar-refractivity contribution in [2.75, 3.05) is 12.3 Å². The van der Waals surface area contributed by atoms with E-state index < -0.39 is 5.97 Å². The summed E-state index contributed by atoms with van der Waals surface area (Å²) in [6, 6.07) is 0. The van der Waals surface area contributed by atoms with Crippen molar-refractivity contribution in [3.63, 3.8) is 0 Å². The van der Waals surface area contributed by atoms with Crippen molar-refractivity contribution < 1.29 is 9.53 Å². The second kappa shape index (κ2) is 4.92. The molecule has 5 heteroatoms. The van der Waals surface area contributed by atoms with Crippen molar-refractivity contribution in [3.05, 3.63) is 18.1 Å². The van der Waals surface area contributed by atoms with E-state index in [2.05, 4.69) is 9.97 Å². The van der Waals surface area contributed by atoms with E-state index in [-0.39, 0.29) is 11.5 Å². The first-order valence-corrected chi connectivity index (χ1v) is 5.51. The van der Waals surface area contributed by atoms with Crippen LogP contribution in [0.3, 0.4) is 0 Å². The van der Waals surface area contributed by atoms with Crippen molar-refractivity contribution in [1.82, 2.24) is 9.97 Å². The molecule has 1 aromatic rings. The predicted molar refractivity (Wildman–Crippen MR) is 58.7 cm³/mol. The van der Waals surface area contributed by atoms with Crippen LogP contribution in [-0.2, 0) is 4.74 Å². The number of anilines is 1. The van der Waals surface area contributed by atoms with E-state index in [1.54, 1.807) is 0 Å². The van der Waals surface area contributed by atoms with Crippen molar-refractivity contribution in [2.24, 2.45) is 5.92 Å². The number of carbonyl (C=O) groups excluding carboxylic acids is 1. The van der Waals surface area contributed by atoms with E-state index in [1.165, 1.54) is 31.7 Å². The Kier molecular flexibility index (Phi) is 3.34. The maximum atomic E-state index is 11.5. The fourth-order valence-electron chi connectivity index (χ4n) is 1.67. The van der Waals surface area contributed by atoms with Gasteiger partial charge in [-0.3, -0.25) is 0 Å². The van der Waals surface area contributed by atoms with E-state index >= 15 is 0 Å². The van der Waals surface area contributed by atoms with E-state index in [4.69, 9.17) is 10.5 Å². The molecule has 0 radical (unpaired) electrons. The fourth-order valence-corrected chi connectivity index (χ4v) is 1.67. The van der Waals surface area contributed by atoms with Crippen molar-refractivity contribution in [1.29, 1.82) is 0 Å². The number of hydrogen-bond acceptors (Lipinski definition) is 5. The third kappa shape index (κ3) is 2.48. The van der Waals surface area contributed by atoms with Gasteiger partial charge >= 0.3 is 5.97 Å². The number of ether oxygens (including phenoxy) is 1. The van der Waals surface area contributed by atoms with Gasteiger partial charge in [-0.25, -0.2) is 14.8 Å². The minimum absolute atomic E-state index is 0.108. The second-order valence-corrected chi connectivity index (χ2v) is 4.01. The maximum absolute atomic E-state index is 11.5. The molecule has 1 aromatic heterocycles. The summed E-state index contributed by atoms with van der Waals surface area (Å²) in [5, 5.41) is 0. The van der Waals surface area contributed by atoms with Gasteiger partial charge in [0.1, 0.15) is 0 Å². The first-order chi connectivity index (χ1) is 7.77. The van der Waals surface area contributed by atoms with Crippen molar-refractivity contribution in [2.45, 2.75) is 25.7 Å². The smallest absolute Gasteiger partial charge is 0.360 e. The summed E-state index contributed by atoms with van der Waals surface area (Å²) >= 11 is 0. The Bertz CT molecular complexity index is 377. The molecule has 0 spiro atoms. The summed E-state index contributed by atoms with van der Waals surface area (Å²) in [5.41, 5.74) is 5.62. The van der Waals surface area contributed by atoms with Crippen LogP contribution in [0.15, 0.2) is 12.4 Å². The zero-order valence-electron chi connectivity index (χ0n) is 9.06. The molecule has 2 rings (SSSR count). The molecule has 5 nitrogen and oxygen atoms in total. The number of rotatable bonds is 4. The quantitative estimate of drug-likeness (QED) is 0.777. The van der Waals surface area contributed by atoms with Crippen LogP contribution in [0.25, 0.3) is 0 Å². The summed E-state index contributed by atoms with van der Waals surface area (Å²) in [6.45, 7) is 0.444. The Labute approximate surface area is 94.0 Å². The molecule has 0 bridgehead atoms. The van der Waals surface area contributed by atoms with Crippen LogP contribution >= 0.6 is 0 Å². The molecule has 1 saturated carbocycles. The Morgan fingerprint density at radius 3 is 2.81 bits per heavy atom. The van der Waals surface area contributed by atoms with Crippen LogP contribution in [0.5, 0.6) is 0 Å². The number of carbonyl (C=O) groups is 1. The lowest BCUT2D eigenvalue weighted by Gasteiger charge is -2.24. The monoisotopic (exact) mass is 221 g/mol.